The maximum Gasteiger partial charge on any atom is 0.324 e. The van der Waals surface area contributed by atoms with E-state index >= 15 is 0 Å². The normalized spacial score (nSPS) is 18.6. The summed E-state index contributed by atoms with van der Waals surface area (Å²) in [7, 11) is -1.80. The van der Waals surface area contributed by atoms with Gasteiger partial charge in [0.25, 0.3) is 0 Å². The van der Waals surface area contributed by atoms with Gasteiger partial charge in [0.1, 0.15) is 5.82 Å². The number of nitrogens with zero attached hydrogens (tertiary/aromatic N) is 2. The molecule has 1 N–H and O–H groups in total. The first kappa shape index (κ1) is 19.3. The molecule has 1 aliphatic heterocycles. The number of carbonyl (C=O) groups is 2. The molecule has 25 heavy (non-hydrogen) atoms. The second-order valence-corrected chi connectivity index (χ2v) is 8.24. The molecule has 1 aliphatic rings. The van der Waals surface area contributed by atoms with Crippen LogP contribution in [0.3, 0.4) is 0 Å². The lowest BCUT2D eigenvalue weighted by Gasteiger charge is -2.31. The molecule has 1 unspecified atom stereocenters. The smallest absolute Gasteiger partial charge is 0.324 e. The Morgan fingerprint density at radius 3 is 2.48 bits per heavy atom. The second-order valence-electron chi connectivity index (χ2n) is 5.88. The topological polar surface area (TPSA) is 86.8 Å². The third-order valence-electron chi connectivity index (χ3n) is 4.19. The van der Waals surface area contributed by atoms with E-state index in [1.54, 1.807) is 6.92 Å². The maximum absolute atomic E-state index is 13.0. The highest BCUT2D eigenvalue weighted by Gasteiger charge is 2.32. The third-order valence-corrected chi connectivity index (χ3v) is 6.05. The molecule has 7 nitrogen and oxygen atoms in total. The molecule has 0 radical (unpaired) electrons. The van der Waals surface area contributed by atoms with Gasteiger partial charge in [-0.05, 0) is 31.0 Å². The fraction of sp³-hybridized carbons (Fsp3) is 0.500. The summed E-state index contributed by atoms with van der Waals surface area (Å²) in [4.78, 5) is 25.5. The van der Waals surface area contributed by atoms with Gasteiger partial charge in [0.05, 0.1) is 18.2 Å². The van der Waals surface area contributed by atoms with Crippen molar-refractivity contribution in [1.29, 1.82) is 0 Å². The van der Waals surface area contributed by atoms with Crippen molar-refractivity contribution in [3.05, 3.63) is 35.6 Å². The molecule has 9 heteroatoms. The van der Waals surface area contributed by atoms with Crippen LogP contribution in [0.1, 0.15) is 31.4 Å². The molecular weight excluding hydrogens is 349 g/mol. The van der Waals surface area contributed by atoms with Crippen molar-refractivity contribution in [2.75, 3.05) is 25.9 Å². The van der Waals surface area contributed by atoms with Crippen LogP contribution < -0.4 is 5.32 Å². The molecule has 0 aliphatic carbocycles. The lowest BCUT2D eigenvalue weighted by molar-refractivity contribution is -0.130. The highest BCUT2D eigenvalue weighted by molar-refractivity contribution is 7.89. The summed E-state index contributed by atoms with van der Waals surface area (Å²) in [6.07, 6.45) is 0.441. The summed E-state index contributed by atoms with van der Waals surface area (Å²) >= 11 is 0. The number of rotatable bonds is 7. The van der Waals surface area contributed by atoms with E-state index in [4.69, 9.17) is 0 Å². The monoisotopic (exact) mass is 371 g/mol. The van der Waals surface area contributed by atoms with Gasteiger partial charge >= 0.3 is 6.03 Å². The number of benzene rings is 1. The fourth-order valence-electron chi connectivity index (χ4n) is 2.61. The largest absolute Gasteiger partial charge is 0.330 e. The highest BCUT2D eigenvalue weighted by Crippen LogP contribution is 2.22. The average Bonchev–Trinajstić information content (AvgIpc) is 2.57. The summed E-state index contributed by atoms with van der Waals surface area (Å²) < 4.78 is 37.5. The van der Waals surface area contributed by atoms with Crippen LogP contribution >= 0.6 is 0 Å². The van der Waals surface area contributed by atoms with Crippen molar-refractivity contribution >= 4 is 22.0 Å². The molecule has 0 bridgehead atoms. The van der Waals surface area contributed by atoms with Crippen molar-refractivity contribution in [2.24, 2.45) is 0 Å². The van der Waals surface area contributed by atoms with E-state index in [1.165, 1.54) is 35.6 Å². The SMILES string of the molecule is CCS(=O)(=O)N(C)CCCN1C(=O)CC(c2ccc(F)cc2)NC1=O. The number of hydrogen-bond acceptors (Lipinski definition) is 4. The molecule has 0 aromatic heterocycles. The van der Waals surface area contributed by atoms with E-state index in [9.17, 15) is 22.4 Å². The molecule has 1 atom stereocenters. The van der Waals surface area contributed by atoms with Gasteiger partial charge in [-0.15, -0.1) is 0 Å². The Hall–Kier alpha value is -2.00. The zero-order chi connectivity index (χ0) is 18.6. The van der Waals surface area contributed by atoms with Gasteiger partial charge in [-0.25, -0.2) is 21.9 Å². The van der Waals surface area contributed by atoms with Gasteiger partial charge < -0.3 is 5.32 Å². The molecule has 1 heterocycles. The first-order valence-corrected chi connectivity index (χ1v) is 9.66. The number of sulfonamides is 1. The number of hydrogen-bond donors (Lipinski definition) is 1. The number of carbonyl (C=O) groups excluding carboxylic acids is 2. The van der Waals surface area contributed by atoms with Crippen molar-refractivity contribution in [3.8, 4) is 0 Å². The van der Waals surface area contributed by atoms with Gasteiger partial charge in [0.2, 0.25) is 15.9 Å². The van der Waals surface area contributed by atoms with E-state index in [0.29, 0.717) is 12.0 Å². The molecule has 1 fully saturated rings. The summed E-state index contributed by atoms with van der Waals surface area (Å²) in [5.74, 6) is -0.713. The van der Waals surface area contributed by atoms with Crippen LogP contribution in [0.2, 0.25) is 0 Å². The van der Waals surface area contributed by atoms with Gasteiger partial charge in [-0.1, -0.05) is 12.1 Å². The molecule has 138 valence electrons. The first-order chi connectivity index (χ1) is 11.7. The maximum atomic E-state index is 13.0. The standard InChI is InChI=1S/C16H22FN3O4S/c1-3-25(23,24)19(2)9-4-10-20-15(21)11-14(18-16(20)22)12-5-7-13(17)8-6-12/h5-8,14H,3-4,9-11H2,1-2H3,(H,18,22). The summed E-state index contributed by atoms with van der Waals surface area (Å²) in [6, 6.07) is 4.62. The predicted molar refractivity (Wildman–Crippen MR) is 90.7 cm³/mol. The molecule has 1 saturated heterocycles. The Morgan fingerprint density at radius 2 is 1.92 bits per heavy atom. The van der Waals surface area contributed by atoms with Crippen LogP contribution in [0.4, 0.5) is 9.18 Å². The Balaban J connectivity index is 1.91. The minimum absolute atomic E-state index is 0.00593. The van der Waals surface area contributed by atoms with E-state index in [2.05, 4.69) is 5.32 Å². The third kappa shape index (κ3) is 4.76. The molecule has 1 aromatic rings. The van der Waals surface area contributed by atoms with Gasteiger partial charge in [0, 0.05) is 20.1 Å². The van der Waals surface area contributed by atoms with Crippen molar-refractivity contribution in [1.82, 2.24) is 14.5 Å². The fourth-order valence-corrected chi connectivity index (χ4v) is 3.46. The van der Waals surface area contributed by atoms with Gasteiger partial charge in [0.15, 0.2) is 0 Å². The summed E-state index contributed by atoms with van der Waals surface area (Å²) in [5.41, 5.74) is 0.663. The molecule has 0 spiro atoms. The van der Waals surface area contributed by atoms with E-state index in [0.717, 1.165) is 4.90 Å². The number of nitrogens with one attached hydrogen (secondary N) is 1. The number of urea groups is 1. The van der Waals surface area contributed by atoms with Crippen LogP contribution in [0.25, 0.3) is 0 Å². The lowest BCUT2D eigenvalue weighted by atomic mass is 10.0. The van der Waals surface area contributed by atoms with Crippen LogP contribution in [0, 0.1) is 5.82 Å². The Kier molecular flexibility index (Phi) is 6.12. The number of halogens is 1. The molecular formula is C16H22FN3O4S. The predicted octanol–water partition coefficient (Wildman–Crippen LogP) is 1.48. The van der Waals surface area contributed by atoms with Crippen LogP contribution in [-0.2, 0) is 14.8 Å². The van der Waals surface area contributed by atoms with Crippen LogP contribution in [0.15, 0.2) is 24.3 Å². The lowest BCUT2D eigenvalue weighted by Crippen LogP contribution is -2.51. The van der Waals surface area contributed by atoms with E-state index in [1.807, 2.05) is 0 Å². The van der Waals surface area contributed by atoms with E-state index < -0.39 is 22.1 Å². The van der Waals surface area contributed by atoms with Crippen LogP contribution in [-0.4, -0.2) is 55.5 Å². The zero-order valence-electron chi connectivity index (χ0n) is 14.2. The molecule has 1 aromatic carbocycles. The van der Waals surface area contributed by atoms with Gasteiger partial charge in [-0.3, -0.25) is 9.69 Å². The zero-order valence-corrected chi connectivity index (χ0v) is 15.1. The van der Waals surface area contributed by atoms with Crippen LogP contribution in [0.5, 0.6) is 0 Å². The summed E-state index contributed by atoms with van der Waals surface area (Å²) in [6.45, 7) is 1.93. The minimum Gasteiger partial charge on any atom is -0.330 e. The highest BCUT2D eigenvalue weighted by atomic mass is 32.2. The average molecular weight is 371 g/mol. The second kappa shape index (κ2) is 7.92. The molecule has 2 rings (SSSR count). The quantitative estimate of drug-likeness (QED) is 0.787. The molecule has 3 amide bonds. The number of amides is 3. The van der Waals surface area contributed by atoms with Crippen molar-refractivity contribution in [3.63, 3.8) is 0 Å². The summed E-state index contributed by atoms with van der Waals surface area (Å²) in [5, 5.41) is 2.72. The first-order valence-electron chi connectivity index (χ1n) is 8.05. The minimum atomic E-state index is -3.28. The van der Waals surface area contributed by atoms with E-state index in [-0.39, 0.29) is 37.0 Å². The van der Waals surface area contributed by atoms with Crippen molar-refractivity contribution < 1.29 is 22.4 Å². The Morgan fingerprint density at radius 1 is 1.28 bits per heavy atom. The number of imide groups is 1. The molecule has 0 saturated carbocycles. The Labute approximate surface area is 146 Å². The van der Waals surface area contributed by atoms with Crippen molar-refractivity contribution in [2.45, 2.75) is 25.8 Å². The Bertz CT molecular complexity index is 718. The van der Waals surface area contributed by atoms with Gasteiger partial charge in [-0.2, -0.15) is 0 Å².